The second-order valence-electron chi connectivity index (χ2n) is 6.34. The molecule has 0 amide bonds. The lowest BCUT2D eigenvalue weighted by Gasteiger charge is -2.04. The number of Topliss-reactive ketones (excluding diaryl/α,β-unsaturated/α-hetero) is 1. The summed E-state index contributed by atoms with van der Waals surface area (Å²) in [5, 5.41) is 0.953. The van der Waals surface area contributed by atoms with Gasteiger partial charge in [-0.15, -0.1) is 0 Å². The lowest BCUT2D eigenvalue weighted by Crippen LogP contribution is -1.98. The van der Waals surface area contributed by atoms with Gasteiger partial charge in [-0.2, -0.15) is 0 Å². The summed E-state index contributed by atoms with van der Waals surface area (Å²) in [6.45, 7) is 2.26. The van der Waals surface area contributed by atoms with E-state index in [1.54, 1.807) is 18.2 Å². The van der Waals surface area contributed by atoms with Gasteiger partial charge in [-0.25, -0.2) is 0 Å². The maximum absolute atomic E-state index is 12.1. The molecule has 1 aromatic carbocycles. The van der Waals surface area contributed by atoms with Gasteiger partial charge in [0, 0.05) is 12.0 Å². The highest BCUT2D eigenvalue weighted by Gasteiger charge is 2.07. The minimum Gasteiger partial charge on any atom is -0.294 e. The summed E-state index contributed by atoms with van der Waals surface area (Å²) in [7, 11) is 0. The Kier molecular flexibility index (Phi) is 11.5. The summed E-state index contributed by atoms with van der Waals surface area (Å²) in [4.78, 5) is 12.1. The highest BCUT2D eigenvalue weighted by Crippen LogP contribution is 2.23. The van der Waals surface area contributed by atoms with E-state index >= 15 is 0 Å². The number of unbranched alkanes of at least 4 members (excludes halogenated alkanes) is 10. The standard InChI is InChI=1S/C20H30Cl2O/c1-2-3-4-5-6-7-8-9-10-11-12-13-20(23)17-14-15-18(21)19(22)16-17/h14-16H,2-13H2,1H3. The summed E-state index contributed by atoms with van der Waals surface area (Å²) < 4.78 is 0. The monoisotopic (exact) mass is 356 g/mol. The lowest BCUT2D eigenvalue weighted by molar-refractivity contribution is 0.0979. The normalized spacial score (nSPS) is 10.9. The molecule has 3 heteroatoms. The molecule has 0 spiro atoms. The largest absolute Gasteiger partial charge is 0.294 e. The van der Waals surface area contributed by atoms with E-state index in [9.17, 15) is 4.79 Å². The maximum Gasteiger partial charge on any atom is 0.162 e. The molecule has 0 aromatic heterocycles. The average Bonchev–Trinajstić information content (AvgIpc) is 2.55. The molecule has 1 nitrogen and oxygen atoms in total. The van der Waals surface area contributed by atoms with E-state index in [4.69, 9.17) is 23.2 Å². The molecule has 0 unspecified atom stereocenters. The Morgan fingerprint density at radius 3 is 1.83 bits per heavy atom. The van der Waals surface area contributed by atoms with Crippen LogP contribution in [0.4, 0.5) is 0 Å². The molecule has 0 aliphatic heterocycles. The van der Waals surface area contributed by atoms with Gasteiger partial charge in [-0.3, -0.25) is 4.79 Å². The molecular formula is C20H30Cl2O. The van der Waals surface area contributed by atoms with Crippen molar-refractivity contribution in [2.24, 2.45) is 0 Å². The molecule has 0 saturated heterocycles. The summed E-state index contributed by atoms with van der Waals surface area (Å²) in [6, 6.07) is 5.12. The van der Waals surface area contributed by atoms with Crippen LogP contribution in [0.5, 0.6) is 0 Å². The topological polar surface area (TPSA) is 17.1 Å². The molecule has 0 heterocycles. The second kappa shape index (κ2) is 12.8. The number of hydrogen-bond donors (Lipinski definition) is 0. The van der Waals surface area contributed by atoms with Crippen molar-refractivity contribution in [1.82, 2.24) is 0 Å². The predicted octanol–water partition coefficient (Wildman–Crippen LogP) is 7.88. The maximum atomic E-state index is 12.1. The first-order valence-electron chi connectivity index (χ1n) is 9.13. The SMILES string of the molecule is CCCCCCCCCCCCCC(=O)c1ccc(Cl)c(Cl)c1. The number of rotatable bonds is 13. The van der Waals surface area contributed by atoms with Crippen molar-refractivity contribution in [2.75, 3.05) is 0 Å². The average molecular weight is 357 g/mol. The van der Waals surface area contributed by atoms with E-state index in [-0.39, 0.29) is 5.78 Å². The van der Waals surface area contributed by atoms with Gasteiger partial charge in [0.2, 0.25) is 0 Å². The van der Waals surface area contributed by atoms with Crippen molar-refractivity contribution in [2.45, 2.75) is 84.0 Å². The van der Waals surface area contributed by atoms with Crippen LogP contribution in [0.2, 0.25) is 10.0 Å². The van der Waals surface area contributed by atoms with Gasteiger partial charge in [0.1, 0.15) is 0 Å². The fraction of sp³-hybridized carbons (Fsp3) is 0.650. The van der Waals surface area contributed by atoms with Crippen LogP contribution in [0.1, 0.15) is 94.3 Å². The van der Waals surface area contributed by atoms with E-state index in [1.807, 2.05) is 0 Å². The summed E-state index contributed by atoms with van der Waals surface area (Å²) in [6.07, 6.45) is 14.8. The van der Waals surface area contributed by atoms with Crippen molar-refractivity contribution < 1.29 is 4.79 Å². The highest BCUT2D eigenvalue weighted by atomic mass is 35.5. The van der Waals surface area contributed by atoms with Crippen LogP contribution in [-0.2, 0) is 0 Å². The molecule has 0 atom stereocenters. The van der Waals surface area contributed by atoms with Gasteiger partial charge in [0.15, 0.2) is 5.78 Å². The molecule has 23 heavy (non-hydrogen) atoms. The third-order valence-electron chi connectivity index (χ3n) is 4.25. The lowest BCUT2D eigenvalue weighted by atomic mass is 10.0. The van der Waals surface area contributed by atoms with Gasteiger partial charge in [0.05, 0.1) is 10.0 Å². The van der Waals surface area contributed by atoms with E-state index in [1.165, 1.54) is 57.8 Å². The number of carbonyl (C=O) groups excluding carboxylic acids is 1. The second-order valence-corrected chi connectivity index (χ2v) is 7.15. The van der Waals surface area contributed by atoms with E-state index in [0.29, 0.717) is 22.0 Å². The molecule has 1 rings (SSSR count). The van der Waals surface area contributed by atoms with Crippen LogP contribution in [0.3, 0.4) is 0 Å². The fourth-order valence-corrected chi connectivity index (χ4v) is 3.06. The van der Waals surface area contributed by atoms with Crippen molar-refractivity contribution in [3.05, 3.63) is 33.8 Å². The van der Waals surface area contributed by atoms with Crippen LogP contribution < -0.4 is 0 Å². The van der Waals surface area contributed by atoms with E-state index in [0.717, 1.165) is 12.8 Å². The Balaban J connectivity index is 2.00. The zero-order chi connectivity index (χ0) is 16.9. The van der Waals surface area contributed by atoms with E-state index < -0.39 is 0 Å². The third kappa shape index (κ3) is 9.37. The van der Waals surface area contributed by atoms with E-state index in [2.05, 4.69) is 6.92 Å². The van der Waals surface area contributed by atoms with Crippen LogP contribution in [0.15, 0.2) is 18.2 Å². The number of halogens is 2. The number of carbonyl (C=O) groups is 1. The fourth-order valence-electron chi connectivity index (χ4n) is 2.76. The molecule has 1 aromatic rings. The van der Waals surface area contributed by atoms with Crippen molar-refractivity contribution in [3.8, 4) is 0 Å². The number of ketones is 1. The molecule has 0 N–H and O–H groups in total. The number of hydrogen-bond acceptors (Lipinski definition) is 1. The molecule has 0 saturated carbocycles. The van der Waals surface area contributed by atoms with Crippen molar-refractivity contribution in [3.63, 3.8) is 0 Å². The third-order valence-corrected chi connectivity index (χ3v) is 4.99. The predicted molar refractivity (Wildman–Crippen MR) is 102 cm³/mol. The zero-order valence-electron chi connectivity index (χ0n) is 14.4. The molecular weight excluding hydrogens is 327 g/mol. The zero-order valence-corrected chi connectivity index (χ0v) is 15.9. The first kappa shape index (κ1) is 20.5. The Morgan fingerprint density at radius 2 is 1.30 bits per heavy atom. The van der Waals surface area contributed by atoms with Gasteiger partial charge in [0.25, 0.3) is 0 Å². The van der Waals surface area contributed by atoms with Gasteiger partial charge >= 0.3 is 0 Å². The Hall–Kier alpha value is -0.530. The molecule has 0 bridgehead atoms. The van der Waals surface area contributed by atoms with Crippen LogP contribution in [0.25, 0.3) is 0 Å². The quantitative estimate of drug-likeness (QED) is 0.259. The summed E-state index contributed by atoms with van der Waals surface area (Å²) >= 11 is 11.8. The first-order valence-corrected chi connectivity index (χ1v) is 9.89. The minimum atomic E-state index is 0.166. The van der Waals surface area contributed by atoms with Crippen molar-refractivity contribution in [1.29, 1.82) is 0 Å². The van der Waals surface area contributed by atoms with Gasteiger partial charge < -0.3 is 0 Å². The van der Waals surface area contributed by atoms with Crippen LogP contribution in [0, 0.1) is 0 Å². The van der Waals surface area contributed by atoms with Crippen LogP contribution in [-0.4, -0.2) is 5.78 Å². The molecule has 0 fully saturated rings. The highest BCUT2D eigenvalue weighted by molar-refractivity contribution is 6.42. The minimum absolute atomic E-state index is 0.166. The van der Waals surface area contributed by atoms with Gasteiger partial charge in [-0.1, -0.05) is 94.3 Å². The molecule has 0 radical (unpaired) electrons. The Morgan fingerprint density at radius 1 is 0.783 bits per heavy atom. The Labute approximate surface area is 151 Å². The smallest absolute Gasteiger partial charge is 0.162 e. The molecule has 0 aliphatic carbocycles. The summed E-state index contributed by atoms with van der Waals surface area (Å²) in [5.74, 6) is 0.166. The van der Waals surface area contributed by atoms with Crippen LogP contribution >= 0.6 is 23.2 Å². The van der Waals surface area contributed by atoms with Crippen molar-refractivity contribution >= 4 is 29.0 Å². The molecule has 0 aliphatic rings. The summed E-state index contributed by atoms with van der Waals surface area (Å²) in [5.41, 5.74) is 0.673. The number of benzene rings is 1. The first-order chi connectivity index (χ1) is 11.1. The molecule has 130 valence electrons. The van der Waals surface area contributed by atoms with Gasteiger partial charge in [-0.05, 0) is 24.6 Å². The Bertz CT molecular complexity index is 457.